The van der Waals surface area contributed by atoms with Crippen LogP contribution < -0.4 is 0 Å². The average Bonchev–Trinajstić information content (AvgIpc) is 3.18. The Bertz CT molecular complexity index is 839. The summed E-state index contributed by atoms with van der Waals surface area (Å²) in [6.07, 6.45) is 11.5. The molecule has 0 amide bonds. The van der Waals surface area contributed by atoms with Gasteiger partial charge in [-0.2, -0.15) is 0 Å². The third-order valence-corrected chi connectivity index (χ3v) is 14.2. The molecule has 5 aliphatic rings. The summed E-state index contributed by atoms with van der Waals surface area (Å²) in [5.41, 5.74) is 0.658. The molecule has 4 heteroatoms. The van der Waals surface area contributed by atoms with Gasteiger partial charge in [0.1, 0.15) is 0 Å². The molecule has 0 aromatic heterocycles. The fourth-order valence-corrected chi connectivity index (χ4v) is 12.2. The van der Waals surface area contributed by atoms with Gasteiger partial charge in [-0.1, -0.05) is 48.5 Å². The highest BCUT2D eigenvalue weighted by Crippen LogP contribution is 2.77. The molecule has 0 bridgehead atoms. The van der Waals surface area contributed by atoms with E-state index in [4.69, 9.17) is 3.07 Å². The summed E-state index contributed by atoms with van der Waals surface area (Å²) in [6, 6.07) is 0. The molecule has 0 unspecified atom stereocenters. The summed E-state index contributed by atoms with van der Waals surface area (Å²) < 4.78 is 5.49. The Labute approximate surface area is 222 Å². The number of carbonyl (C=O) groups excluding carboxylic acids is 1. The average molecular weight is 585 g/mol. The molecular weight excluding hydrogens is 535 g/mol. The van der Waals surface area contributed by atoms with Crippen LogP contribution >= 0.6 is 23.0 Å². The number of aliphatic hydroxyl groups is 1. The van der Waals surface area contributed by atoms with E-state index in [2.05, 4.69) is 48.5 Å². The minimum Gasteiger partial charge on any atom is -0.394 e. The van der Waals surface area contributed by atoms with Gasteiger partial charge >= 0.3 is 5.97 Å². The zero-order chi connectivity index (χ0) is 24.9. The Morgan fingerprint density at radius 1 is 0.853 bits per heavy atom. The number of hydrogen-bond acceptors (Lipinski definition) is 3. The van der Waals surface area contributed by atoms with Crippen molar-refractivity contribution < 1.29 is 13.0 Å². The second-order valence-corrected chi connectivity index (χ2v) is 15.5. The molecule has 5 aliphatic carbocycles. The van der Waals surface area contributed by atoms with E-state index in [1.54, 1.807) is 0 Å². The van der Waals surface area contributed by atoms with E-state index in [-0.39, 0.29) is 28.3 Å². The van der Waals surface area contributed by atoms with E-state index < -0.39 is 0 Å². The van der Waals surface area contributed by atoms with Crippen LogP contribution in [0.15, 0.2) is 0 Å². The highest BCUT2D eigenvalue weighted by molar-refractivity contribution is 14.1. The van der Waals surface area contributed by atoms with Crippen LogP contribution in [0.5, 0.6) is 0 Å². The van der Waals surface area contributed by atoms with Gasteiger partial charge < -0.3 is 8.17 Å². The fourth-order valence-electron chi connectivity index (χ4n) is 11.8. The zero-order valence-corrected chi connectivity index (χ0v) is 24.9. The van der Waals surface area contributed by atoms with Crippen molar-refractivity contribution in [2.45, 2.75) is 119 Å². The van der Waals surface area contributed by atoms with Gasteiger partial charge in [-0.15, -0.1) is 0 Å². The number of aliphatic hydroxyl groups excluding tert-OH is 1. The molecule has 0 saturated heterocycles. The zero-order valence-electron chi connectivity index (χ0n) is 22.8. The minimum absolute atomic E-state index is 0.00599. The first kappa shape index (κ1) is 25.8. The molecule has 194 valence electrons. The maximum Gasteiger partial charge on any atom is 0.321 e. The molecule has 0 aliphatic heterocycles. The van der Waals surface area contributed by atoms with Gasteiger partial charge in [0.25, 0.3) is 0 Å². The van der Waals surface area contributed by atoms with Gasteiger partial charge in [0.15, 0.2) is 23.0 Å². The van der Waals surface area contributed by atoms with Crippen molar-refractivity contribution in [3.05, 3.63) is 0 Å². The van der Waals surface area contributed by atoms with Crippen LogP contribution in [0.1, 0.15) is 113 Å². The van der Waals surface area contributed by atoms with Gasteiger partial charge in [-0.05, 0) is 121 Å². The van der Waals surface area contributed by atoms with Crippen LogP contribution in [0.25, 0.3) is 0 Å². The van der Waals surface area contributed by atoms with Gasteiger partial charge in [0.2, 0.25) is 0 Å². The lowest BCUT2D eigenvalue weighted by atomic mass is 9.32. The summed E-state index contributed by atoms with van der Waals surface area (Å²) in [5.74, 6) is 3.75. The van der Waals surface area contributed by atoms with Gasteiger partial charge in [0.05, 0.1) is 11.5 Å². The summed E-state index contributed by atoms with van der Waals surface area (Å²) in [4.78, 5) is 13.4. The van der Waals surface area contributed by atoms with Crippen molar-refractivity contribution in [3.8, 4) is 0 Å². The Kier molecular flexibility index (Phi) is 6.13. The second-order valence-electron chi connectivity index (χ2n) is 15.0. The number of halogens is 1. The first-order valence-corrected chi connectivity index (χ1v) is 15.2. The highest BCUT2D eigenvalue weighted by atomic mass is 127. The molecule has 0 aromatic rings. The Morgan fingerprint density at radius 2 is 1.56 bits per heavy atom. The predicted molar refractivity (Wildman–Crippen MR) is 145 cm³/mol. The van der Waals surface area contributed by atoms with Crippen LogP contribution in [0.4, 0.5) is 0 Å². The molecule has 34 heavy (non-hydrogen) atoms. The van der Waals surface area contributed by atoms with E-state index in [1.807, 2.05) is 23.0 Å². The van der Waals surface area contributed by atoms with Crippen molar-refractivity contribution in [2.75, 3.05) is 0 Å². The Balaban J connectivity index is 1.56. The van der Waals surface area contributed by atoms with Crippen molar-refractivity contribution in [1.29, 1.82) is 0 Å². The number of hydrogen-bond donors (Lipinski definition) is 1. The molecule has 0 spiro atoms. The van der Waals surface area contributed by atoms with Gasteiger partial charge in [-0.25, -0.2) is 0 Å². The van der Waals surface area contributed by atoms with Crippen molar-refractivity contribution in [2.24, 2.45) is 62.6 Å². The van der Waals surface area contributed by atoms with Crippen molar-refractivity contribution in [1.82, 2.24) is 0 Å². The lowest BCUT2D eigenvalue weighted by Crippen LogP contribution is -2.67. The van der Waals surface area contributed by atoms with Crippen LogP contribution in [0, 0.1) is 62.6 Å². The first-order valence-electron chi connectivity index (χ1n) is 14.3. The summed E-state index contributed by atoms with van der Waals surface area (Å²) in [5, 5.41) is 10.9. The Morgan fingerprint density at radius 3 is 2.21 bits per heavy atom. The fraction of sp³-hybridized carbons (Fsp3) is 0.967. The lowest BCUT2D eigenvalue weighted by Gasteiger charge is -2.72. The van der Waals surface area contributed by atoms with E-state index >= 15 is 0 Å². The van der Waals surface area contributed by atoms with Crippen molar-refractivity contribution >= 4 is 29.0 Å². The topological polar surface area (TPSA) is 46.5 Å². The number of carbonyl (C=O) groups is 1. The minimum atomic E-state index is -0.248. The van der Waals surface area contributed by atoms with Crippen LogP contribution in [-0.4, -0.2) is 17.2 Å². The molecular formula is C30H49IO3. The summed E-state index contributed by atoms with van der Waals surface area (Å²) in [6.45, 7) is 17.4. The van der Waals surface area contributed by atoms with Gasteiger partial charge in [0, 0.05) is 0 Å². The normalized spacial score (nSPS) is 53.9. The monoisotopic (exact) mass is 584 g/mol. The van der Waals surface area contributed by atoms with Gasteiger partial charge in [-0.3, -0.25) is 4.79 Å². The maximum atomic E-state index is 13.4. The second kappa shape index (κ2) is 8.08. The third kappa shape index (κ3) is 3.05. The molecule has 5 saturated carbocycles. The highest BCUT2D eigenvalue weighted by Gasteiger charge is 2.72. The maximum absolute atomic E-state index is 13.4. The standard InChI is InChI=1S/C30H49IO3/c1-18(2)19-10-15-30(25(33)34-31)17-16-28(6)20(24(19)30)8-9-22-27(5)13-12-23(32)26(3,4)21(27)11-14-29(22,28)7/h18-24,32H,8-17H2,1-7H3/t19-,20+,21-,22+,23-,24+,27-,28+,29+,30-/m0/s1. The Hall–Kier alpha value is 0.160. The summed E-state index contributed by atoms with van der Waals surface area (Å²) in [7, 11) is 0. The molecule has 0 heterocycles. The third-order valence-electron chi connectivity index (χ3n) is 13.8. The van der Waals surface area contributed by atoms with Crippen LogP contribution in [-0.2, 0) is 7.86 Å². The largest absolute Gasteiger partial charge is 0.394 e. The summed E-state index contributed by atoms with van der Waals surface area (Å²) >= 11 is 1.85. The molecule has 3 nitrogen and oxygen atoms in total. The first-order chi connectivity index (χ1) is 15.8. The predicted octanol–water partition coefficient (Wildman–Crippen LogP) is 7.98. The van der Waals surface area contributed by atoms with E-state index in [1.165, 1.54) is 44.9 Å². The quantitative estimate of drug-likeness (QED) is 0.335. The van der Waals surface area contributed by atoms with E-state index in [0.717, 1.165) is 25.2 Å². The number of fused-ring (bicyclic) bond motifs is 7. The molecule has 0 radical (unpaired) electrons. The van der Waals surface area contributed by atoms with E-state index in [0.29, 0.717) is 40.4 Å². The smallest absolute Gasteiger partial charge is 0.321 e. The molecule has 10 atom stereocenters. The SMILES string of the molecule is CC(C)[C@@H]1CC[C@]2(C(=O)OI)CC[C@]3(C)[C@H](CC[C@@H]4[C@@]5(C)CC[C@H](O)C(C)(C)[C@@H]5CC[C@]43C)[C@@H]12. The van der Waals surface area contributed by atoms with Crippen LogP contribution in [0.2, 0.25) is 0 Å². The number of rotatable bonds is 2. The molecule has 1 N–H and O–H groups in total. The van der Waals surface area contributed by atoms with Crippen LogP contribution in [0.3, 0.4) is 0 Å². The molecule has 5 fully saturated rings. The van der Waals surface area contributed by atoms with Crippen molar-refractivity contribution in [3.63, 3.8) is 0 Å². The molecule has 0 aromatic carbocycles. The lowest BCUT2D eigenvalue weighted by molar-refractivity contribution is -0.249. The molecule has 5 rings (SSSR count). The van der Waals surface area contributed by atoms with E-state index in [9.17, 15) is 9.90 Å².